The fourth-order valence-electron chi connectivity index (χ4n) is 1.35. The van der Waals surface area contributed by atoms with Gasteiger partial charge in [0.2, 0.25) is 5.96 Å². The number of hydrogen-bond donors (Lipinski definition) is 4. The van der Waals surface area contributed by atoms with E-state index in [4.69, 9.17) is 28.2 Å². The highest BCUT2D eigenvalue weighted by Crippen LogP contribution is 2.14. The molecular weight excluding hydrogens is 250 g/mol. The molecule has 0 spiro atoms. The van der Waals surface area contributed by atoms with Gasteiger partial charge in [0.15, 0.2) is 0 Å². The van der Waals surface area contributed by atoms with Crippen molar-refractivity contribution in [3.63, 3.8) is 0 Å². The van der Waals surface area contributed by atoms with Crippen LogP contribution < -0.4 is 11.1 Å². The molecule has 1 aromatic carbocycles. The number of nitrogens with one attached hydrogen (secondary N) is 3. The summed E-state index contributed by atoms with van der Waals surface area (Å²) < 4.78 is 0. The number of nitrogens with two attached hydrogens (primary N) is 1. The molecule has 0 amide bonds. The zero-order valence-electron chi connectivity index (χ0n) is 10.1. The Morgan fingerprint density at radius 2 is 2.17 bits per heavy atom. The van der Waals surface area contributed by atoms with Crippen LogP contribution in [0.4, 0.5) is 5.69 Å². The molecule has 0 fully saturated rings. The molecule has 0 aliphatic carbocycles. The third-order valence-electron chi connectivity index (χ3n) is 2.13. The number of hydrogen-bond acceptors (Lipinski definition) is 2. The fraction of sp³-hybridized carbons (Fsp3) is 0.250. The lowest BCUT2D eigenvalue weighted by Crippen LogP contribution is -2.24. The minimum atomic E-state index is -0.102. The summed E-state index contributed by atoms with van der Waals surface area (Å²) in [6.07, 6.45) is 1.40. The van der Waals surface area contributed by atoms with E-state index in [0.29, 0.717) is 22.8 Å². The van der Waals surface area contributed by atoms with Gasteiger partial charge in [-0.05, 0) is 24.6 Å². The van der Waals surface area contributed by atoms with E-state index in [1.807, 2.05) is 6.92 Å². The third-order valence-corrected chi connectivity index (χ3v) is 2.37. The van der Waals surface area contributed by atoms with Gasteiger partial charge in [0.05, 0.1) is 5.71 Å². The molecule has 1 aromatic rings. The van der Waals surface area contributed by atoms with E-state index < -0.39 is 0 Å². The molecule has 0 aliphatic heterocycles. The smallest absolute Gasteiger partial charge is 0.219 e. The molecule has 0 atom stereocenters. The maximum atomic E-state index is 7.70. The highest BCUT2D eigenvalue weighted by atomic mass is 35.5. The second kappa shape index (κ2) is 6.76. The quantitative estimate of drug-likeness (QED) is 0.497. The molecule has 0 bridgehead atoms. The first kappa shape index (κ1) is 14.2. The number of aliphatic imine (C=N–C) groups is 1. The second-order valence-corrected chi connectivity index (χ2v) is 4.14. The van der Waals surface area contributed by atoms with Gasteiger partial charge >= 0.3 is 0 Å². The van der Waals surface area contributed by atoms with E-state index in [1.54, 1.807) is 24.3 Å². The molecule has 0 heterocycles. The largest absolute Gasteiger partial charge is 0.383 e. The molecule has 0 unspecified atom stereocenters. The van der Waals surface area contributed by atoms with Crippen molar-refractivity contribution in [3.8, 4) is 0 Å². The lowest BCUT2D eigenvalue weighted by atomic mass is 10.2. The molecular formula is C12H16ClN5. The van der Waals surface area contributed by atoms with Crippen LogP contribution in [-0.2, 0) is 0 Å². The molecule has 96 valence electrons. The second-order valence-electron chi connectivity index (χ2n) is 3.71. The molecule has 1 rings (SSSR count). The van der Waals surface area contributed by atoms with Crippen molar-refractivity contribution < 1.29 is 0 Å². The topological polar surface area (TPSA) is 98.1 Å². The van der Waals surface area contributed by atoms with Crippen LogP contribution in [0.15, 0.2) is 29.3 Å². The lowest BCUT2D eigenvalue weighted by molar-refractivity contribution is 0.998. The van der Waals surface area contributed by atoms with Crippen molar-refractivity contribution in [3.05, 3.63) is 29.3 Å². The normalized spacial score (nSPS) is 11.1. The van der Waals surface area contributed by atoms with Gasteiger partial charge in [0.1, 0.15) is 5.84 Å². The van der Waals surface area contributed by atoms with Gasteiger partial charge in [-0.3, -0.25) is 10.8 Å². The molecule has 0 aromatic heterocycles. The molecule has 0 saturated heterocycles. The predicted molar refractivity (Wildman–Crippen MR) is 77.1 cm³/mol. The maximum Gasteiger partial charge on any atom is 0.219 e. The fourth-order valence-corrected chi connectivity index (χ4v) is 1.54. The van der Waals surface area contributed by atoms with Crippen LogP contribution in [0.1, 0.15) is 19.8 Å². The maximum absolute atomic E-state index is 7.70. The summed E-state index contributed by atoms with van der Waals surface area (Å²) in [7, 11) is 0. The number of rotatable bonds is 4. The number of anilines is 1. The SMILES string of the molecule is CCCC(=NC(=N)Nc1cccc(Cl)c1)C(=N)N. The summed E-state index contributed by atoms with van der Waals surface area (Å²) in [5.41, 5.74) is 6.49. The Bertz CT molecular complexity index is 481. The first-order valence-electron chi connectivity index (χ1n) is 5.56. The summed E-state index contributed by atoms with van der Waals surface area (Å²) in [5.74, 6) is -0.162. The van der Waals surface area contributed by atoms with Gasteiger partial charge in [-0.15, -0.1) is 0 Å². The number of nitrogens with zero attached hydrogens (tertiary/aromatic N) is 1. The summed E-state index contributed by atoms with van der Waals surface area (Å²) >= 11 is 5.83. The molecule has 0 aliphatic rings. The number of guanidine groups is 1. The molecule has 0 saturated carbocycles. The lowest BCUT2D eigenvalue weighted by Gasteiger charge is -2.06. The first-order chi connectivity index (χ1) is 8.52. The highest BCUT2D eigenvalue weighted by molar-refractivity contribution is 6.41. The van der Waals surface area contributed by atoms with Crippen molar-refractivity contribution in [2.45, 2.75) is 19.8 Å². The van der Waals surface area contributed by atoms with Crippen molar-refractivity contribution in [1.29, 1.82) is 10.8 Å². The number of benzene rings is 1. The molecule has 6 heteroatoms. The van der Waals surface area contributed by atoms with Crippen LogP contribution >= 0.6 is 11.6 Å². The summed E-state index contributed by atoms with van der Waals surface area (Å²) in [5, 5.41) is 18.4. The Morgan fingerprint density at radius 3 is 2.72 bits per heavy atom. The van der Waals surface area contributed by atoms with Crippen LogP contribution in [0.3, 0.4) is 0 Å². The van der Waals surface area contributed by atoms with Crippen molar-refractivity contribution >= 4 is 34.8 Å². The summed E-state index contributed by atoms with van der Waals surface area (Å²) in [6.45, 7) is 1.96. The van der Waals surface area contributed by atoms with Gasteiger partial charge in [-0.25, -0.2) is 4.99 Å². The van der Waals surface area contributed by atoms with Crippen LogP contribution in [0.2, 0.25) is 5.02 Å². The Kier molecular flexibility index (Phi) is 5.32. The van der Waals surface area contributed by atoms with E-state index in [-0.39, 0.29) is 11.8 Å². The predicted octanol–water partition coefficient (Wildman–Crippen LogP) is 2.86. The Balaban J connectivity index is 2.76. The summed E-state index contributed by atoms with van der Waals surface area (Å²) in [6, 6.07) is 7.00. The first-order valence-corrected chi connectivity index (χ1v) is 5.93. The highest BCUT2D eigenvalue weighted by Gasteiger charge is 2.04. The molecule has 5 nitrogen and oxygen atoms in total. The van der Waals surface area contributed by atoms with Crippen molar-refractivity contribution in [2.75, 3.05) is 5.32 Å². The average molecular weight is 266 g/mol. The summed E-state index contributed by atoms with van der Waals surface area (Å²) in [4.78, 5) is 3.99. The molecule has 5 N–H and O–H groups in total. The van der Waals surface area contributed by atoms with E-state index in [9.17, 15) is 0 Å². The van der Waals surface area contributed by atoms with Crippen molar-refractivity contribution in [2.24, 2.45) is 10.7 Å². The average Bonchev–Trinajstić information content (AvgIpc) is 2.28. The van der Waals surface area contributed by atoms with Gasteiger partial charge < -0.3 is 11.1 Å². The van der Waals surface area contributed by atoms with Gasteiger partial charge in [-0.2, -0.15) is 0 Å². The third kappa shape index (κ3) is 4.55. The monoisotopic (exact) mass is 265 g/mol. The van der Waals surface area contributed by atoms with Crippen molar-refractivity contribution in [1.82, 2.24) is 0 Å². The van der Waals surface area contributed by atoms with Gasteiger partial charge in [-0.1, -0.05) is 31.0 Å². The van der Waals surface area contributed by atoms with Gasteiger partial charge in [0, 0.05) is 10.7 Å². The van der Waals surface area contributed by atoms with E-state index in [2.05, 4.69) is 10.3 Å². The minimum absolute atomic E-state index is 0.0593. The zero-order valence-corrected chi connectivity index (χ0v) is 10.9. The van der Waals surface area contributed by atoms with Crippen LogP contribution in [-0.4, -0.2) is 17.5 Å². The van der Waals surface area contributed by atoms with E-state index in [0.717, 1.165) is 6.42 Å². The molecule has 18 heavy (non-hydrogen) atoms. The van der Waals surface area contributed by atoms with Crippen LogP contribution in [0, 0.1) is 10.8 Å². The minimum Gasteiger partial charge on any atom is -0.383 e. The zero-order chi connectivity index (χ0) is 13.5. The number of amidine groups is 1. The van der Waals surface area contributed by atoms with E-state index >= 15 is 0 Å². The van der Waals surface area contributed by atoms with E-state index in [1.165, 1.54) is 0 Å². The van der Waals surface area contributed by atoms with Gasteiger partial charge in [0.25, 0.3) is 0 Å². The standard InChI is InChI=1S/C12H16ClN5/c1-2-4-10(11(14)15)18-12(16)17-9-6-3-5-8(13)7-9/h3,5-7H,2,4H2,1H3,(H3,14,15)(H2,16,17). The van der Waals surface area contributed by atoms with Crippen LogP contribution in [0.5, 0.6) is 0 Å². The Labute approximate surface area is 111 Å². The Morgan fingerprint density at radius 1 is 1.44 bits per heavy atom. The van der Waals surface area contributed by atoms with Crippen LogP contribution in [0.25, 0.3) is 0 Å². The number of halogens is 1. The molecule has 0 radical (unpaired) electrons. The Hall–Kier alpha value is -1.88.